The Kier molecular flexibility index (Phi) is 3.49. The van der Waals surface area contributed by atoms with Crippen molar-refractivity contribution < 1.29 is 4.74 Å². The normalized spacial score (nSPS) is 12.6. The lowest BCUT2D eigenvalue weighted by atomic mass is 10.1. The molecule has 1 aromatic heterocycles. The number of hydrogen-bond acceptors (Lipinski definition) is 4. The van der Waals surface area contributed by atoms with Crippen LogP contribution in [-0.4, -0.2) is 19.1 Å². The molecule has 3 rings (SSSR count). The molecule has 0 radical (unpaired) electrons. The van der Waals surface area contributed by atoms with Gasteiger partial charge in [-0.1, -0.05) is 12.1 Å². The van der Waals surface area contributed by atoms with E-state index in [1.807, 2.05) is 42.3 Å². The predicted molar refractivity (Wildman–Crippen MR) is 82.0 cm³/mol. The number of hydrogen-bond donors (Lipinski definition) is 0. The van der Waals surface area contributed by atoms with Gasteiger partial charge in [0.05, 0.1) is 18.4 Å². The number of para-hydroxylation sites is 2. The van der Waals surface area contributed by atoms with Gasteiger partial charge in [0.15, 0.2) is 5.82 Å². The Morgan fingerprint density at radius 2 is 2.10 bits per heavy atom. The van der Waals surface area contributed by atoms with E-state index in [4.69, 9.17) is 9.72 Å². The van der Waals surface area contributed by atoms with Crippen molar-refractivity contribution in [3.63, 3.8) is 0 Å². The maximum Gasteiger partial charge on any atom is 0.151 e. The van der Waals surface area contributed by atoms with Crippen molar-refractivity contribution in [1.29, 1.82) is 5.26 Å². The number of benzene rings is 1. The molecule has 21 heavy (non-hydrogen) atoms. The summed E-state index contributed by atoms with van der Waals surface area (Å²) < 4.78 is 5.40. The number of aryl methyl sites for hydroxylation is 2. The third kappa shape index (κ3) is 2.31. The van der Waals surface area contributed by atoms with Gasteiger partial charge in [-0.3, -0.25) is 0 Å². The van der Waals surface area contributed by atoms with Gasteiger partial charge in [0, 0.05) is 12.7 Å². The Balaban J connectivity index is 2.09. The standard InChI is InChI=1S/C17H17N3O/c1-20(15-8-3-4-9-16(15)21-2)17-13(11-18)10-12-6-5-7-14(12)19-17/h3-4,8-10H,5-7H2,1-2H3. The van der Waals surface area contributed by atoms with Gasteiger partial charge >= 0.3 is 0 Å². The number of ether oxygens (including phenoxy) is 1. The van der Waals surface area contributed by atoms with Crippen LogP contribution in [-0.2, 0) is 12.8 Å². The van der Waals surface area contributed by atoms with Crippen molar-refractivity contribution in [3.05, 3.63) is 47.2 Å². The third-order valence-electron chi connectivity index (χ3n) is 3.92. The lowest BCUT2D eigenvalue weighted by Crippen LogP contribution is -2.15. The fourth-order valence-corrected chi connectivity index (χ4v) is 2.82. The van der Waals surface area contributed by atoms with Crippen LogP contribution in [0.15, 0.2) is 30.3 Å². The van der Waals surface area contributed by atoms with Crippen molar-refractivity contribution in [2.24, 2.45) is 0 Å². The van der Waals surface area contributed by atoms with Crippen LogP contribution in [0.25, 0.3) is 0 Å². The zero-order valence-electron chi connectivity index (χ0n) is 12.3. The fraction of sp³-hybridized carbons (Fsp3) is 0.294. The summed E-state index contributed by atoms with van der Waals surface area (Å²) in [5, 5.41) is 9.42. The van der Waals surface area contributed by atoms with E-state index in [0.29, 0.717) is 11.4 Å². The molecule has 1 aliphatic rings. The monoisotopic (exact) mass is 279 g/mol. The van der Waals surface area contributed by atoms with Crippen molar-refractivity contribution in [2.75, 3.05) is 19.1 Å². The fourth-order valence-electron chi connectivity index (χ4n) is 2.82. The number of anilines is 2. The molecule has 1 aromatic carbocycles. The summed E-state index contributed by atoms with van der Waals surface area (Å²) in [4.78, 5) is 6.65. The molecule has 0 bridgehead atoms. The van der Waals surface area contributed by atoms with Crippen LogP contribution < -0.4 is 9.64 Å². The Morgan fingerprint density at radius 3 is 2.86 bits per heavy atom. The molecule has 2 aromatic rings. The molecule has 4 nitrogen and oxygen atoms in total. The molecule has 0 atom stereocenters. The van der Waals surface area contributed by atoms with Gasteiger partial charge in [-0.25, -0.2) is 4.98 Å². The minimum atomic E-state index is 0.615. The average Bonchev–Trinajstić information content (AvgIpc) is 3.00. The molecule has 1 aliphatic carbocycles. The van der Waals surface area contributed by atoms with E-state index in [-0.39, 0.29) is 0 Å². The van der Waals surface area contributed by atoms with Gasteiger partial charge in [-0.2, -0.15) is 5.26 Å². The minimum absolute atomic E-state index is 0.615. The summed E-state index contributed by atoms with van der Waals surface area (Å²) in [5.74, 6) is 1.47. The van der Waals surface area contributed by atoms with Crippen LogP contribution in [0.4, 0.5) is 11.5 Å². The number of fused-ring (bicyclic) bond motifs is 1. The number of methoxy groups -OCH3 is 1. The van der Waals surface area contributed by atoms with Crippen molar-refractivity contribution >= 4 is 11.5 Å². The number of rotatable bonds is 3. The second kappa shape index (κ2) is 5.45. The zero-order valence-corrected chi connectivity index (χ0v) is 12.3. The number of nitrogens with zero attached hydrogens (tertiary/aromatic N) is 3. The molecule has 4 heteroatoms. The Bertz CT molecular complexity index is 718. The highest BCUT2D eigenvalue weighted by molar-refractivity contribution is 5.70. The van der Waals surface area contributed by atoms with Gasteiger partial charge in [0.1, 0.15) is 11.8 Å². The van der Waals surface area contributed by atoms with Crippen LogP contribution in [0.5, 0.6) is 5.75 Å². The molecule has 0 saturated heterocycles. The highest BCUT2D eigenvalue weighted by atomic mass is 16.5. The van der Waals surface area contributed by atoms with E-state index >= 15 is 0 Å². The maximum absolute atomic E-state index is 9.42. The first-order chi connectivity index (χ1) is 10.2. The molecule has 0 N–H and O–H groups in total. The topological polar surface area (TPSA) is 49.1 Å². The second-order valence-corrected chi connectivity index (χ2v) is 5.16. The summed E-state index contributed by atoms with van der Waals surface area (Å²) in [6.45, 7) is 0. The van der Waals surface area contributed by atoms with Gasteiger partial charge < -0.3 is 9.64 Å². The predicted octanol–water partition coefficient (Wildman–Crippen LogP) is 3.22. The molecule has 0 unspecified atom stereocenters. The van der Waals surface area contributed by atoms with Crippen LogP contribution in [0, 0.1) is 11.3 Å². The van der Waals surface area contributed by atoms with Crippen LogP contribution in [0.2, 0.25) is 0 Å². The van der Waals surface area contributed by atoms with Gasteiger partial charge in [-0.15, -0.1) is 0 Å². The van der Waals surface area contributed by atoms with E-state index in [2.05, 4.69) is 6.07 Å². The molecule has 0 saturated carbocycles. The molecule has 0 amide bonds. The molecular formula is C17H17N3O. The SMILES string of the molecule is COc1ccccc1N(C)c1nc2c(cc1C#N)CCC2. The lowest BCUT2D eigenvalue weighted by molar-refractivity contribution is 0.415. The molecule has 0 aliphatic heterocycles. The highest BCUT2D eigenvalue weighted by Crippen LogP contribution is 2.34. The summed E-state index contributed by atoms with van der Waals surface area (Å²) in [5.41, 5.74) is 3.85. The molecular weight excluding hydrogens is 262 g/mol. The first-order valence-corrected chi connectivity index (χ1v) is 7.04. The largest absolute Gasteiger partial charge is 0.495 e. The lowest BCUT2D eigenvalue weighted by Gasteiger charge is -2.22. The summed E-state index contributed by atoms with van der Waals surface area (Å²) >= 11 is 0. The average molecular weight is 279 g/mol. The van der Waals surface area contributed by atoms with E-state index in [0.717, 1.165) is 36.4 Å². The summed E-state index contributed by atoms with van der Waals surface area (Å²) in [7, 11) is 3.57. The van der Waals surface area contributed by atoms with E-state index in [1.54, 1.807) is 7.11 Å². The van der Waals surface area contributed by atoms with Crippen LogP contribution in [0.1, 0.15) is 23.2 Å². The Morgan fingerprint density at radius 1 is 1.29 bits per heavy atom. The van der Waals surface area contributed by atoms with Gasteiger partial charge in [0.25, 0.3) is 0 Å². The number of nitriles is 1. The van der Waals surface area contributed by atoms with Crippen molar-refractivity contribution in [1.82, 2.24) is 4.98 Å². The maximum atomic E-state index is 9.42. The minimum Gasteiger partial charge on any atom is -0.495 e. The van der Waals surface area contributed by atoms with Crippen LogP contribution in [0.3, 0.4) is 0 Å². The van der Waals surface area contributed by atoms with Gasteiger partial charge in [0.2, 0.25) is 0 Å². The Hall–Kier alpha value is -2.54. The van der Waals surface area contributed by atoms with E-state index in [9.17, 15) is 5.26 Å². The number of aromatic nitrogens is 1. The van der Waals surface area contributed by atoms with E-state index < -0.39 is 0 Å². The Labute approximate surface area is 124 Å². The molecule has 0 spiro atoms. The molecule has 1 heterocycles. The first kappa shape index (κ1) is 13.4. The second-order valence-electron chi connectivity index (χ2n) is 5.16. The van der Waals surface area contributed by atoms with Crippen molar-refractivity contribution in [2.45, 2.75) is 19.3 Å². The smallest absolute Gasteiger partial charge is 0.151 e. The van der Waals surface area contributed by atoms with Crippen molar-refractivity contribution in [3.8, 4) is 11.8 Å². The molecule has 106 valence electrons. The number of pyridine rings is 1. The quantitative estimate of drug-likeness (QED) is 0.865. The zero-order chi connectivity index (χ0) is 14.8. The van der Waals surface area contributed by atoms with E-state index in [1.165, 1.54) is 5.56 Å². The summed E-state index contributed by atoms with van der Waals surface area (Å²) in [6, 6.07) is 12.0. The third-order valence-corrected chi connectivity index (χ3v) is 3.92. The van der Waals surface area contributed by atoms with Gasteiger partial charge in [-0.05, 0) is 43.0 Å². The highest BCUT2D eigenvalue weighted by Gasteiger charge is 2.20. The summed E-state index contributed by atoms with van der Waals surface area (Å²) in [6.07, 6.45) is 3.14. The first-order valence-electron chi connectivity index (χ1n) is 7.04. The van der Waals surface area contributed by atoms with Crippen LogP contribution >= 0.6 is 0 Å². The molecule has 0 fully saturated rings.